The van der Waals surface area contributed by atoms with Gasteiger partial charge < -0.3 is 4.74 Å². The van der Waals surface area contributed by atoms with Crippen LogP contribution in [0.2, 0.25) is 0 Å². The fraction of sp³-hybridized carbons (Fsp3) is 0.538. The SMILES string of the molecule is CC1c2ccccc2CCN1CC1CO1. The van der Waals surface area contributed by atoms with E-state index in [1.54, 1.807) is 0 Å². The molecule has 15 heavy (non-hydrogen) atoms. The first-order valence-electron chi connectivity index (χ1n) is 5.78. The van der Waals surface area contributed by atoms with E-state index in [9.17, 15) is 0 Å². The average molecular weight is 203 g/mol. The minimum Gasteiger partial charge on any atom is -0.372 e. The van der Waals surface area contributed by atoms with Crippen molar-refractivity contribution in [2.75, 3.05) is 19.7 Å². The Labute approximate surface area is 90.8 Å². The van der Waals surface area contributed by atoms with E-state index >= 15 is 0 Å². The van der Waals surface area contributed by atoms with Gasteiger partial charge in [0.2, 0.25) is 0 Å². The lowest BCUT2D eigenvalue weighted by Gasteiger charge is -2.34. The van der Waals surface area contributed by atoms with Crippen molar-refractivity contribution in [3.63, 3.8) is 0 Å². The van der Waals surface area contributed by atoms with Crippen molar-refractivity contribution in [1.29, 1.82) is 0 Å². The van der Waals surface area contributed by atoms with Gasteiger partial charge in [0, 0.05) is 19.1 Å². The molecule has 1 fully saturated rings. The summed E-state index contributed by atoms with van der Waals surface area (Å²) in [5.74, 6) is 0. The van der Waals surface area contributed by atoms with E-state index in [0.717, 1.165) is 13.2 Å². The molecule has 0 aromatic heterocycles. The standard InChI is InChI=1S/C13H17NO/c1-10-13-5-3-2-4-11(13)6-7-14(10)8-12-9-15-12/h2-5,10,12H,6-9H2,1H3. The van der Waals surface area contributed by atoms with E-state index in [1.165, 1.54) is 24.1 Å². The molecule has 0 saturated carbocycles. The van der Waals surface area contributed by atoms with Crippen molar-refractivity contribution in [2.24, 2.45) is 0 Å². The van der Waals surface area contributed by atoms with Gasteiger partial charge in [-0.15, -0.1) is 0 Å². The molecule has 80 valence electrons. The summed E-state index contributed by atoms with van der Waals surface area (Å²) < 4.78 is 5.31. The summed E-state index contributed by atoms with van der Waals surface area (Å²) in [6.45, 7) is 5.55. The van der Waals surface area contributed by atoms with Crippen LogP contribution in [-0.4, -0.2) is 30.7 Å². The summed E-state index contributed by atoms with van der Waals surface area (Å²) in [6.07, 6.45) is 1.70. The van der Waals surface area contributed by atoms with Crippen molar-refractivity contribution < 1.29 is 4.74 Å². The predicted octanol–water partition coefficient (Wildman–Crippen LogP) is 2.00. The zero-order valence-corrected chi connectivity index (χ0v) is 9.15. The lowest BCUT2D eigenvalue weighted by atomic mass is 9.93. The first kappa shape index (κ1) is 9.37. The number of rotatable bonds is 2. The number of hydrogen-bond acceptors (Lipinski definition) is 2. The second-order valence-corrected chi connectivity index (χ2v) is 4.58. The van der Waals surface area contributed by atoms with Gasteiger partial charge in [0.1, 0.15) is 0 Å². The van der Waals surface area contributed by atoms with Crippen molar-refractivity contribution in [2.45, 2.75) is 25.5 Å². The van der Waals surface area contributed by atoms with Gasteiger partial charge in [0.05, 0.1) is 12.7 Å². The van der Waals surface area contributed by atoms with Crippen LogP contribution < -0.4 is 0 Å². The number of fused-ring (bicyclic) bond motifs is 1. The number of benzene rings is 1. The zero-order chi connectivity index (χ0) is 10.3. The summed E-state index contributed by atoms with van der Waals surface area (Å²) >= 11 is 0. The summed E-state index contributed by atoms with van der Waals surface area (Å²) in [6, 6.07) is 9.37. The fourth-order valence-electron chi connectivity index (χ4n) is 2.51. The first-order valence-corrected chi connectivity index (χ1v) is 5.78. The molecule has 0 spiro atoms. The molecule has 1 saturated heterocycles. The average Bonchev–Trinajstić information content (AvgIpc) is 3.07. The molecule has 2 heterocycles. The van der Waals surface area contributed by atoms with Crippen LogP contribution in [0.4, 0.5) is 0 Å². The molecule has 2 aliphatic rings. The van der Waals surface area contributed by atoms with Crippen LogP contribution in [0.3, 0.4) is 0 Å². The normalized spacial score (nSPS) is 29.9. The van der Waals surface area contributed by atoms with Crippen LogP contribution >= 0.6 is 0 Å². The van der Waals surface area contributed by atoms with Gasteiger partial charge in [-0.2, -0.15) is 0 Å². The maximum Gasteiger partial charge on any atom is 0.0936 e. The molecular weight excluding hydrogens is 186 g/mol. The van der Waals surface area contributed by atoms with E-state index in [2.05, 4.69) is 36.1 Å². The van der Waals surface area contributed by atoms with Crippen molar-refractivity contribution in [1.82, 2.24) is 4.90 Å². The molecule has 0 aliphatic carbocycles. The van der Waals surface area contributed by atoms with Crippen LogP contribution in [0.1, 0.15) is 24.1 Å². The number of nitrogens with zero attached hydrogens (tertiary/aromatic N) is 1. The third-order valence-electron chi connectivity index (χ3n) is 3.56. The maximum absolute atomic E-state index is 5.31. The highest BCUT2D eigenvalue weighted by molar-refractivity contribution is 5.32. The molecule has 2 atom stereocenters. The van der Waals surface area contributed by atoms with Crippen LogP contribution in [0, 0.1) is 0 Å². The Bertz CT molecular complexity index is 359. The van der Waals surface area contributed by atoms with E-state index in [4.69, 9.17) is 4.74 Å². The smallest absolute Gasteiger partial charge is 0.0936 e. The van der Waals surface area contributed by atoms with Gasteiger partial charge in [-0.25, -0.2) is 0 Å². The summed E-state index contributed by atoms with van der Waals surface area (Å²) in [4.78, 5) is 2.54. The van der Waals surface area contributed by atoms with E-state index < -0.39 is 0 Å². The lowest BCUT2D eigenvalue weighted by Crippen LogP contribution is -2.36. The van der Waals surface area contributed by atoms with E-state index in [0.29, 0.717) is 12.1 Å². The highest BCUT2D eigenvalue weighted by Crippen LogP contribution is 2.30. The molecule has 2 unspecified atom stereocenters. The third-order valence-corrected chi connectivity index (χ3v) is 3.56. The Morgan fingerprint density at radius 2 is 2.20 bits per heavy atom. The van der Waals surface area contributed by atoms with Gasteiger partial charge in [-0.05, 0) is 24.5 Å². The molecule has 0 bridgehead atoms. The molecule has 1 aromatic rings. The monoisotopic (exact) mass is 203 g/mol. The molecule has 0 amide bonds. The van der Waals surface area contributed by atoms with Crippen LogP contribution in [-0.2, 0) is 11.2 Å². The zero-order valence-electron chi connectivity index (χ0n) is 9.15. The van der Waals surface area contributed by atoms with E-state index in [1.807, 2.05) is 0 Å². The van der Waals surface area contributed by atoms with Gasteiger partial charge in [0.25, 0.3) is 0 Å². The molecule has 0 radical (unpaired) electrons. The van der Waals surface area contributed by atoms with Crippen molar-refractivity contribution in [3.8, 4) is 0 Å². The van der Waals surface area contributed by atoms with Crippen molar-refractivity contribution >= 4 is 0 Å². The molecule has 2 nitrogen and oxygen atoms in total. The highest BCUT2D eigenvalue weighted by Gasteiger charge is 2.30. The molecule has 1 aromatic carbocycles. The second kappa shape index (κ2) is 3.62. The van der Waals surface area contributed by atoms with Crippen LogP contribution in [0.15, 0.2) is 24.3 Å². The fourth-order valence-corrected chi connectivity index (χ4v) is 2.51. The Morgan fingerprint density at radius 3 is 3.00 bits per heavy atom. The molecular formula is C13H17NO. The van der Waals surface area contributed by atoms with E-state index in [-0.39, 0.29) is 0 Å². The molecule has 2 aliphatic heterocycles. The molecule has 3 rings (SSSR count). The largest absolute Gasteiger partial charge is 0.372 e. The van der Waals surface area contributed by atoms with Gasteiger partial charge in [-0.3, -0.25) is 4.90 Å². The number of ether oxygens (including phenoxy) is 1. The minimum absolute atomic E-state index is 0.512. The quantitative estimate of drug-likeness (QED) is 0.683. The highest BCUT2D eigenvalue weighted by atomic mass is 16.6. The van der Waals surface area contributed by atoms with Crippen LogP contribution in [0.25, 0.3) is 0 Å². The summed E-state index contributed by atoms with van der Waals surface area (Å²) in [5, 5.41) is 0. The van der Waals surface area contributed by atoms with Crippen LogP contribution in [0.5, 0.6) is 0 Å². The third kappa shape index (κ3) is 1.80. The topological polar surface area (TPSA) is 15.8 Å². The Kier molecular flexibility index (Phi) is 2.26. The Hall–Kier alpha value is -0.860. The summed E-state index contributed by atoms with van der Waals surface area (Å²) in [7, 11) is 0. The van der Waals surface area contributed by atoms with Gasteiger partial charge in [0.15, 0.2) is 0 Å². The molecule has 0 N–H and O–H groups in total. The van der Waals surface area contributed by atoms with Gasteiger partial charge >= 0.3 is 0 Å². The van der Waals surface area contributed by atoms with Gasteiger partial charge in [-0.1, -0.05) is 24.3 Å². The predicted molar refractivity (Wildman–Crippen MR) is 59.9 cm³/mol. The first-order chi connectivity index (χ1) is 7.34. The summed E-state index contributed by atoms with van der Waals surface area (Å²) in [5.41, 5.74) is 3.03. The Morgan fingerprint density at radius 1 is 1.40 bits per heavy atom. The lowest BCUT2D eigenvalue weighted by molar-refractivity contribution is 0.179. The second-order valence-electron chi connectivity index (χ2n) is 4.58. The maximum atomic E-state index is 5.31. The molecule has 2 heteroatoms. The number of hydrogen-bond donors (Lipinski definition) is 0. The minimum atomic E-state index is 0.512. The van der Waals surface area contributed by atoms with Crippen molar-refractivity contribution in [3.05, 3.63) is 35.4 Å². The Balaban J connectivity index is 1.81. The number of epoxide rings is 1.